The van der Waals surface area contributed by atoms with Crippen LogP contribution in [0.5, 0.6) is 0 Å². The molecule has 1 amide bonds. The predicted molar refractivity (Wildman–Crippen MR) is 112 cm³/mol. The fourth-order valence-electron chi connectivity index (χ4n) is 2.42. The molecule has 0 aliphatic rings. The van der Waals surface area contributed by atoms with E-state index in [0.29, 0.717) is 33.3 Å². The number of carbonyl (C=O) groups excluding carboxylic acids is 2. The van der Waals surface area contributed by atoms with E-state index in [0.717, 1.165) is 0 Å². The van der Waals surface area contributed by atoms with E-state index in [1.54, 1.807) is 49.8 Å². The van der Waals surface area contributed by atoms with E-state index >= 15 is 0 Å². The quantitative estimate of drug-likeness (QED) is 0.606. The van der Waals surface area contributed by atoms with Crippen LogP contribution >= 0.6 is 11.5 Å². The van der Waals surface area contributed by atoms with Crippen molar-refractivity contribution in [2.24, 2.45) is 0 Å². The molecule has 0 aliphatic heterocycles. The second kappa shape index (κ2) is 8.36. The molecular formula is C20H21N5O3S. The summed E-state index contributed by atoms with van der Waals surface area (Å²) in [4.78, 5) is 33.1. The number of rotatable bonds is 5. The molecule has 0 unspecified atom stereocenters. The Morgan fingerprint density at radius 1 is 1.10 bits per heavy atom. The molecule has 0 atom stereocenters. The zero-order chi connectivity index (χ0) is 21.0. The maximum absolute atomic E-state index is 12.8. The third kappa shape index (κ3) is 5.35. The Morgan fingerprint density at radius 2 is 1.83 bits per heavy atom. The molecule has 0 fully saturated rings. The Kier molecular flexibility index (Phi) is 5.88. The fraction of sp³-hybridized carbons (Fsp3) is 0.250. The van der Waals surface area contributed by atoms with Gasteiger partial charge in [0.25, 0.3) is 5.91 Å². The van der Waals surface area contributed by atoms with Gasteiger partial charge in [-0.3, -0.25) is 9.78 Å². The van der Waals surface area contributed by atoms with Gasteiger partial charge in [-0.2, -0.15) is 4.37 Å². The van der Waals surface area contributed by atoms with Crippen LogP contribution in [0.2, 0.25) is 0 Å². The van der Waals surface area contributed by atoms with Crippen molar-refractivity contribution in [2.45, 2.75) is 33.3 Å². The molecule has 0 radical (unpaired) electrons. The van der Waals surface area contributed by atoms with Crippen LogP contribution in [0.3, 0.4) is 0 Å². The molecule has 3 rings (SSSR count). The molecule has 1 aromatic carbocycles. The highest BCUT2D eigenvalue weighted by Crippen LogP contribution is 2.28. The highest BCUT2D eigenvalue weighted by molar-refractivity contribution is 7.10. The monoisotopic (exact) mass is 411 g/mol. The Bertz CT molecular complexity index is 1010. The van der Waals surface area contributed by atoms with Gasteiger partial charge in [-0.15, -0.1) is 0 Å². The van der Waals surface area contributed by atoms with Gasteiger partial charge in [0.1, 0.15) is 16.4 Å². The number of amides is 1. The summed E-state index contributed by atoms with van der Waals surface area (Å²) in [5.74, 6) is -0.205. The number of esters is 1. The molecule has 3 aromatic rings. The molecule has 0 saturated carbocycles. The lowest BCUT2D eigenvalue weighted by Gasteiger charge is -2.19. The van der Waals surface area contributed by atoms with Crippen LogP contribution in [0.15, 0.2) is 42.9 Å². The first-order valence-electron chi connectivity index (χ1n) is 8.87. The third-order valence-corrected chi connectivity index (χ3v) is 4.53. The van der Waals surface area contributed by atoms with Crippen LogP contribution < -0.4 is 10.6 Å². The molecule has 0 spiro atoms. The molecule has 2 aromatic heterocycles. The van der Waals surface area contributed by atoms with Crippen molar-refractivity contribution in [3.05, 3.63) is 59.7 Å². The van der Waals surface area contributed by atoms with Crippen LogP contribution in [0, 0.1) is 6.92 Å². The molecule has 2 N–H and O–H groups in total. The maximum atomic E-state index is 12.8. The first kappa shape index (κ1) is 20.4. The Balaban J connectivity index is 1.72. The summed E-state index contributed by atoms with van der Waals surface area (Å²) in [5, 5.41) is 6.47. The molecule has 0 bridgehead atoms. The van der Waals surface area contributed by atoms with Gasteiger partial charge in [-0.05, 0) is 63.5 Å². The summed E-state index contributed by atoms with van der Waals surface area (Å²) < 4.78 is 9.59. The van der Waals surface area contributed by atoms with Gasteiger partial charge in [-0.1, -0.05) is 0 Å². The van der Waals surface area contributed by atoms with Gasteiger partial charge in [0.2, 0.25) is 0 Å². The first-order chi connectivity index (χ1) is 13.7. The lowest BCUT2D eigenvalue weighted by Crippen LogP contribution is -2.23. The Hall–Kier alpha value is -3.33. The van der Waals surface area contributed by atoms with Crippen LogP contribution in [-0.2, 0) is 4.74 Å². The normalized spacial score (nSPS) is 11.0. The van der Waals surface area contributed by atoms with Gasteiger partial charge < -0.3 is 15.4 Å². The van der Waals surface area contributed by atoms with Crippen molar-refractivity contribution >= 4 is 39.9 Å². The molecule has 29 heavy (non-hydrogen) atoms. The van der Waals surface area contributed by atoms with Gasteiger partial charge in [-0.25, -0.2) is 9.78 Å². The number of hydrogen-bond acceptors (Lipinski definition) is 8. The molecule has 8 nitrogen and oxygen atoms in total. The summed E-state index contributed by atoms with van der Waals surface area (Å²) in [5.41, 5.74) is 1.43. The Labute approximate surface area is 172 Å². The smallest absolute Gasteiger partial charge is 0.338 e. The van der Waals surface area contributed by atoms with E-state index in [-0.39, 0.29) is 5.91 Å². The second-order valence-corrected chi connectivity index (χ2v) is 7.99. The predicted octanol–water partition coefficient (Wildman–Crippen LogP) is 4.19. The number of nitrogens with one attached hydrogen (secondary N) is 2. The largest absolute Gasteiger partial charge is 0.456 e. The number of nitrogens with zero attached hydrogens (tertiary/aromatic N) is 3. The number of ether oxygens (including phenoxy) is 1. The lowest BCUT2D eigenvalue weighted by molar-refractivity contribution is 0.00695. The minimum Gasteiger partial charge on any atom is -0.456 e. The van der Waals surface area contributed by atoms with Crippen LogP contribution in [0.4, 0.5) is 16.5 Å². The fourth-order valence-corrected chi connectivity index (χ4v) is 3.22. The third-order valence-electron chi connectivity index (χ3n) is 3.67. The highest BCUT2D eigenvalue weighted by Gasteiger charge is 2.20. The minimum absolute atomic E-state index is 0.312. The summed E-state index contributed by atoms with van der Waals surface area (Å²) >= 11 is 1.17. The Morgan fingerprint density at radius 3 is 2.45 bits per heavy atom. The van der Waals surface area contributed by atoms with Gasteiger partial charge in [0.15, 0.2) is 0 Å². The maximum Gasteiger partial charge on any atom is 0.338 e. The van der Waals surface area contributed by atoms with Crippen molar-refractivity contribution in [2.75, 3.05) is 10.6 Å². The first-order valence-corrected chi connectivity index (χ1v) is 9.64. The number of aromatic nitrogens is 3. The molecule has 0 saturated heterocycles. The lowest BCUT2D eigenvalue weighted by atomic mass is 10.1. The SMILES string of the molecule is Cc1nsc(Nc2cnccn2)c1C(=O)Nc1ccc(C(=O)OC(C)(C)C)cc1. The average Bonchev–Trinajstić information content (AvgIpc) is 3.02. The van der Waals surface area contributed by atoms with Crippen molar-refractivity contribution in [1.82, 2.24) is 14.3 Å². The van der Waals surface area contributed by atoms with E-state index in [4.69, 9.17) is 4.74 Å². The van der Waals surface area contributed by atoms with Gasteiger partial charge in [0.05, 0.1) is 23.0 Å². The number of carbonyl (C=O) groups is 2. The second-order valence-electron chi connectivity index (χ2n) is 7.22. The van der Waals surface area contributed by atoms with E-state index in [1.807, 2.05) is 20.8 Å². The standard InChI is InChI=1S/C20H21N5O3S/c1-12-16(18(29-25-12)24-15-11-21-9-10-22-15)17(26)23-14-7-5-13(6-8-14)19(27)28-20(2,3)4/h5-11H,1-4H3,(H,22,24)(H,23,26). The average molecular weight is 411 g/mol. The van der Waals surface area contributed by atoms with Crippen LogP contribution in [0.1, 0.15) is 47.2 Å². The highest BCUT2D eigenvalue weighted by atomic mass is 32.1. The van der Waals surface area contributed by atoms with Crippen molar-refractivity contribution in [1.29, 1.82) is 0 Å². The van der Waals surface area contributed by atoms with E-state index in [1.165, 1.54) is 11.5 Å². The summed E-state index contributed by atoms with van der Waals surface area (Å²) in [6.07, 6.45) is 4.69. The van der Waals surface area contributed by atoms with Crippen molar-refractivity contribution in [3.63, 3.8) is 0 Å². The van der Waals surface area contributed by atoms with E-state index in [9.17, 15) is 9.59 Å². The number of anilines is 3. The molecule has 9 heteroatoms. The number of aryl methyl sites for hydroxylation is 1. The summed E-state index contributed by atoms with van der Waals surface area (Å²) in [6, 6.07) is 6.53. The summed E-state index contributed by atoms with van der Waals surface area (Å²) in [6.45, 7) is 7.19. The van der Waals surface area contributed by atoms with Gasteiger partial charge in [0, 0.05) is 18.1 Å². The van der Waals surface area contributed by atoms with Crippen LogP contribution in [-0.4, -0.2) is 31.8 Å². The topological polar surface area (TPSA) is 106 Å². The zero-order valence-corrected chi connectivity index (χ0v) is 17.3. The van der Waals surface area contributed by atoms with Gasteiger partial charge >= 0.3 is 5.97 Å². The van der Waals surface area contributed by atoms with Crippen molar-refractivity contribution in [3.8, 4) is 0 Å². The van der Waals surface area contributed by atoms with E-state index in [2.05, 4.69) is 25.0 Å². The van der Waals surface area contributed by atoms with Crippen molar-refractivity contribution < 1.29 is 14.3 Å². The number of hydrogen-bond donors (Lipinski definition) is 2. The zero-order valence-electron chi connectivity index (χ0n) is 16.5. The molecule has 2 heterocycles. The van der Waals surface area contributed by atoms with E-state index < -0.39 is 11.6 Å². The number of benzene rings is 1. The molecule has 150 valence electrons. The van der Waals surface area contributed by atoms with Crippen LogP contribution in [0.25, 0.3) is 0 Å². The minimum atomic E-state index is -0.569. The molecule has 0 aliphatic carbocycles. The molecular weight excluding hydrogens is 390 g/mol. The summed E-state index contributed by atoms with van der Waals surface area (Å²) in [7, 11) is 0.